The first-order chi connectivity index (χ1) is 24.5. The summed E-state index contributed by atoms with van der Waals surface area (Å²) in [6.45, 7) is 27.6. The Morgan fingerprint density at radius 2 is 0.741 bits per heavy atom. The van der Waals surface area contributed by atoms with E-state index in [1.54, 1.807) is 55.4 Å². The lowest BCUT2D eigenvalue weighted by Gasteiger charge is -2.21. The van der Waals surface area contributed by atoms with Gasteiger partial charge in [0, 0.05) is 19.6 Å². The summed E-state index contributed by atoms with van der Waals surface area (Å²) in [7, 11) is 0. The second-order valence-electron chi connectivity index (χ2n) is 18.2. The van der Waals surface area contributed by atoms with E-state index in [0.717, 1.165) is 0 Å². The molecule has 0 aromatic rings. The average Bonchev–Trinajstić information content (AvgIpc) is 3.60. The number of rotatable bonds is 12. The molecule has 3 fully saturated rings. The minimum Gasteiger partial charge on any atom is -0.465 e. The highest BCUT2D eigenvalue weighted by Gasteiger charge is 2.44. The second-order valence-corrected chi connectivity index (χ2v) is 18.2. The first-order valence-corrected chi connectivity index (χ1v) is 18.9. The number of esters is 3. The number of aliphatic hydroxyl groups is 3. The second kappa shape index (κ2) is 20.5. The summed E-state index contributed by atoms with van der Waals surface area (Å²) in [5.41, 5.74) is -1.62. The Morgan fingerprint density at radius 1 is 0.463 bits per heavy atom. The van der Waals surface area contributed by atoms with E-state index in [2.05, 4.69) is 0 Å². The predicted molar refractivity (Wildman–Crippen MR) is 198 cm³/mol. The monoisotopic (exact) mass is 780 g/mol. The van der Waals surface area contributed by atoms with Crippen molar-refractivity contribution in [2.75, 3.05) is 39.6 Å². The number of carbonyl (C=O) groups is 3. The Labute approximate surface area is 322 Å². The Morgan fingerprint density at radius 3 is 1.06 bits per heavy atom. The lowest BCUT2D eigenvalue weighted by Crippen LogP contribution is -2.33. The summed E-state index contributed by atoms with van der Waals surface area (Å²) in [6.07, 6.45) is -0.239. The maximum Gasteiger partial charge on any atom is 0.311 e. The van der Waals surface area contributed by atoms with Crippen LogP contribution in [0.15, 0.2) is 0 Å². The highest BCUT2D eigenvalue weighted by atomic mass is 16.8. The molecular formula is C39H72O15. The third-order valence-electron chi connectivity index (χ3n) is 8.09. The molecule has 3 N–H and O–H groups in total. The zero-order chi connectivity index (χ0) is 41.9. The summed E-state index contributed by atoms with van der Waals surface area (Å²) in [6, 6.07) is 0. The van der Waals surface area contributed by atoms with Crippen LogP contribution in [0.25, 0.3) is 0 Å². The SMILES string of the molecule is CC1(C)O[C@@H](CCO)[C@@H](CO)O1.CC1(C)O[C@@H](CCO)[C@@H](COC(=O)C(C)(C)C)O1.CC1(C)O[C@@H](CCOC(=O)C(C)(C)C)[C@@H](COC(=O)C(C)(C)C)O1. The Hall–Kier alpha value is -1.95. The molecule has 6 atom stereocenters. The molecule has 0 aliphatic carbocycles. The first-order valence-electron chi connectivity index (χ1n) is 18.9. The molecular weight excluding hydrogens is 708 g/mol. The molecule has 54 heavy (non-hydrogen) atoms. The van der Waals surface area contributed by atoms with E-state index in [1.807, 2.05) is 48.5 Å². The minimum atomic E-state index is -0.752. The maximum atomic E-state index is 11.9. The standard InChI is InChI=1S/C18H32O6.C13H24O5.C8H16O4/c1-16(2,3)14(19)21-10-9-12-13(24-18(7,8)23-12)11-22-15(20)17(4,5)6;1-12(2,3)11(15)16-8-10-9(6-7-14)17-13(4,5)18-10;1-8(2)11-6(3-4-9)7(5-10)12-8/h12-13H,9-11H2,1-8H3;9-10,14H,6-8H2,1-5H3;6-7,9-10H,3-5H2,1-2H3/t12-,13+;9-,10+;6-,7+/m000/s1. The highest BCUT2D eigenvalue weighted by Crippen LogP contribution is 2.32. The molecule has 0 radical (unpaired) electrons. The topological polar surface area (TPSA) is 195 Å². The number of carbonyl (C=O) groups excluding carboxylic acids is 3. The summed E-state index contributed by atoms with van der Waals surface area (Å²) in [5, 5.41) is 26.6. The molecule has 3 aliphatic heterocycles. The molecule has 0 saturated carbocycles. The Bertz CT molecular complexity index is 1160. The highest BCUT2D eigenvalue weighted by molar-refractivity contribution is 5.76. The van der Waals surface area contributed by atoms with Gasteiger partial charge in [0.25, 0.3) is 0 Å². The van der Waals surface area contributed by atoms with Gasteiger partial charge in [-0.15, -0.1) is 0 Å². The van der Waals surface area contributed by atoms with Gasteiger partial charge in [0.2, 0.25) is 0 Å². The molecule has 15 nitrogen and oxygen atoms in total. The van der Waals surface area contributed by atoms with Crippen LogP contribution in [-0.4, -0.2) is 127 Å². The van der Waals surface area contributed by atoms with Gasteiger partial charge in [-0.25, -0.2) is 0 Å². The van der Waals surface area contributed by atoms with Crippen LogP contribution >= 0.6 is 0 Å². The normalized spacial score (nSPS) is 27.2. The van der Waals surface area contributed by atoms with Crippen molar-refractivity contribution < 1.29 is 72.3 Å². The number of hydrogen-bond acceptors (Lipinski definition) is 15. The zero-order valence-corrected chi connectivity index (χ0v) is 35.6. The van der Waals surface area contributed by atoms with Crippen molar-refractivity contribution in [3.63, 3.8) is 0 Å². The van der Waals surface area contributed by atoms with Crippen molar-refractivity contribution in [2.45, 2.75) is 177 Å². The quantitative estimate of drug-likeness (QED) is 0.186. The van der Waals surface area contributed by atoms with Crippen molar-refractivity contribution in [3.05, 3.63) is 0 Å². The number of ether oxygens (including phenoxy) is 9. The van der Waals surface area contributed by atoms with E-state index < -0.39 is 33.6 Å². The van der Waals surface area contributed by atoms with E-state index in [1.165, 1.54) is 0 Å². The zero-order valence-electron chi connectivity index (χ0n) is 35.6. The van der Waals surface area contributed by atoms with Crippen LogP contribution in [0.3, 0.4) is 0 Å². The van der Waals surface area contributed by atoms with Crippen molar-refractivity contribution in [1.82, 2.24) is 0 Å². The molecule has 0 aromatic heterocycles. The van der Waals surface area contributed by atoms with Gasteiger partial charge < -0.3 is 58.0 Å². The van der Waals surface area contributed by atoms with Crippen LogP contribution in [0, 0.1) is 16.2 Å². The van der Waals surface area contributed by atoms with Crippen LogP contribution in [0.4, 0.5) is 0 Å². The van der Waals surface area contributed by atoms with Crippen LogP contribution in [0.5, 0.6) is 0 Å². The van der Waals surface area contributed by atoms with Gasteiger partial charge in [-0.05, 0) is 117 Å². The van der Waals surface area contributed by atoms with Gasteiger partial charge in [-0.3, -0.25) is 14.4 Å². The van der Waals surface area contributed by atoms with Crippen LogP contribution in [0.1, 0.15) is 123 Å². The van der Waals surface area contributed by atoms with E-state index in [0.29, 0.717) is 19.3 Å². The molecule has 0 aromatic carbocycles. The lowest BCUT2D eigenvalue weighted by atomic mass is 9.97. The van der Waals surface area contributed by atoms with Crippen LogP contribution < -0.4 is 0 Å². The summed E-state index contributed by atoms with van der Waals surface area (Å²) in [5.74, 6) is -2.88. The summed E-state index contributed by atoms with van der Waals surface area (Å²) < 4.78 is 49.7. The van der Waals surface area contributed by atoms with Crippen molar-refractivity contribution >= 4 is 17.9 Å². The number of aliphatic hydroxyl groups excluding tert-OH is 3. The molecule has 15 heteroatoms. The summed E-state index contributed by atoms with van der Waals surface area (Å²) >= 11 is 0. The van der Waals surface area contributed by atoms with Gasteiger partial charge in [0.05, 0.1) is 47.8 Å². The Balaban J connectivity index is 0.000000428. The fraction of sp³-hybridized carbons (Fsp3) is 0.923. The van der Waals surface area contributed by atoms with E-state index in [4.69, 9.17) is 58.0 Å². The fourth-order valence-corrected chi connectivity index (χ4v) is 5.39. The van der Waals surface area contributed by atoms with Crippen molar-refractivity contribution in [2.24, 2.45) is 16.2 Å². The van der Waals surface area contributed by atoms with Crippen LogP contribution in [0.2, 0.25) is 0 Å². The van der Waals surface area contributed by atoms with E-state index in [-0.39, 0.29) is 94.2 Å². The van der Waals surface area contributed by atoms with Gasteiger partial charge in [-0.2, -0.15) is 0 Å². The smallest absolute Gasteiger partial charge is 0.311 e. The maximum absolute atomic E-state index is 11.9. The minimum absolute atomic E-state index is 0.0217. The lowest BCUT2D eigenvalue weighted by molar-refractivity contribution is -0.165. The fourth-order valence-electron chi connectivity index (χ4n) is 5.39. The Kier molecular flexibility index (Phi) is 19.0. The van der Waals surface area contributed by atoms with Crippen LogP contribution in [-0.2, 0) is 57.0 Å². The van der Waals surface area contributed by atoms with Gasteiger partial charge in [0.15, 0.2) is 17.4 Å². The molecule has 3 aliphatic rings. The molecule has 3 heterocycles. The van der Waals surface area contributed by atoms with E-state index in [9.17, 15) is 14.4 Å². The average molecular weight is 781 g/mol. The van der Waals surface area contributed by atoms with E-state index >= 15 is 0 Å². The number of hydrogen-bond donors (Lipinski definition) is 3. The largest absolute Gasteiger partial charge is 0.465 e. The van der Waals surface area contributed by atoms with Gasteiger partial charge >= 0.3 is 17.9 Å². The third kappa shape index (κ3) is 17.9. The van der Waals surface area contributed by atoms with Crippen molar-refractivity contribution in [1.29, 1.82) is 0 Å². The molecule has 318 valence electrons. The molecule has 0 bridgehead atoms. The third-order valence-corrected chi connectivity index (χ3v) is 8.09. The predicted octanol–water partition coefficient (Wildman–Crippen LogP) is 4.43. The van der Waals surface area contributed by atoms with Gasteiger partial charge in [0.1, 0.15) is 31.5 Å². The van der Waals surface area contributed by atoms with Gasteiger partial charge in [-0.1, -0.05) is 0 Å². The summed E-state index contributed by atoms with van der Waals surface area (Å²) in [4.78, 5) is 35.4. The molecule has 0 spiro atoms. The molecule has 0 amide bonds. The molecule has 0 unspecified atom stereocenters. The first kappa shape index (κ1) is 50.1. The molecule has 3 rings (SSSR count). The molecule has 3 saturated heterocycles. The van der Waals surface area contributed by atoms with Crippen molar-refractivity contribution in [3.8, 4) is 0 Å².